The van der Waals surface area contributed by atoms with Gasteiger partial charge in [0.2, 0.25) is 5.91 Å². The van der Waals surface area contributed by atoms with Crippen molar-refractivity contribution in [3.63, 3.8) is 0 Å². The van der Waals surface area contributed by atoms with E-state index in [2.05, 4.69) is 36.0 Å². The van der Waals surface area contributed by atoms with Gasteiger partial charge in [-0.1, -0.05) is 24.3 Å². The summed E-state index contributed by atoms with van der Waals surface area (Å²) in [5, 5.41) is 2.98. The van der Waals surface area contributed by atoms with Crippen LogP contribution in [0.15, 0.2) is 42.5 Å². The minimum absolute atomic E-state index is 0.0133. The zero-order chi connectivity index (χ0) is 20.1. The average molecular weight is 412 g/mol. The molecule has 0 atom stereocenters. The maximum atomic E-state index is 12.5. The van der Waals surface area contributed by atoms with Gasteiger partial charge in [0, 0.05) is 38.3 Å². The molecule has 1 fully saturated rings. The van der Waals surface area contributed by atoms with Crippen molar-refractivity contribution in [1.29, 1.82) is 0 Å². The third kappa shape index (κ3) is 4.90. The fourth-order valence-corrected chi connectivity index (χ4v) is 4.13. The number of nitrogens with zero attached hydrogens (tertiary/aromatic N) is 4. The molecule has 0 saturated carbocycles. The van der Waals surface area contributed by atoms with Crippen LogP contribution in [0.5, 0.6) is 5.75 Å². The van der Waals surface area contributed by atoms with Crippen molar-refractivity contribution < 1.29 is 9.53 Å². The first-order valence-electron chi connectivity index (χ1n) is 9.89. The largest absolute Gasteiger partial charge is 0.494 e. The van der Waals surface area contributed by atoms with Crippen molar-refractivity contribution in [2.75, 3.05) is 44.6 Å². The molecule has 8 heteroatoms. The van der Waals surface area contributed by atoms with Crippen LogP contribution in [0.1, 0.15) is 12.5 Å². The summed E-state index contributed by atoms with van der Waals surface area (Å²) in [7, 11) is 0. The van der Waals surface area contributed by atoms with E-state index in [4.69, 9.17) is 4.74 Å². The Morgan fingerprint density at radius 2 is 1.86 bits per heavy atom. The van der Waals surface area contributed by atoms with Gasteiger partial charge >= 0.3 is 0 Å². The van der Waals surface area contributed by atoms with Crippen LogP contribution in [0.4, 0.5) is 5.69 Å². The van der Waals surface area contributed by atoms with Gasteiger partial charge in [0.15, 0.2) is 0 Å². The van der Waals surface area contributed by atoms with Gasteiger partial charge in [-0.2, -0.15) is 8.75 Å². The Morgan fingerprint density at radius 1 is 1.07 bits per heavy atom. The molecule has 0 radical (unpaired) electrons. The highest BCUT2D eigenvalue weighted by atomic mass is 32.1. The molecule has 0 unspecified atom stereocenters. The highest BCUT2D eigenvalue weighted by molar-refractivity contribution is 7.00. The number of carbonyl (C=O) groups excluding carboxylic acids is 1. The number of hydrogen-bond acceptors (Lipinski definition) is 7. The Kier molecular flexibility index (Phi) is 6.33. The third-order valence-corrected chi connectivity index (χ3v) is 5.60. The fourth-order valence-electron chi connectivity index (χ4n) is 3.58. The van der Waals surface area contributed by atoms with Gasteiger partial charge in [-0.25, -0.2) is 0 Å². The van der Waals surface area contributed by atoms with E-state index in [1.165, 1.54) is 5.56 Å². The molecule has 1 aliphatic heterocycles. The molecule has 1 saturated heterocycles. The number of benzene rings is 2. The van der Waals surface area contributed by atoms with Gasteiger partial charge < -0.3 is 10.1 Å². The summed E-state index contributed by atoms with van der Waals surface area (Å²) in [6, 6.07) is 13.9. The lowest BCUT2D eigenvalue weighted by molar-refractivity contribution is -0.117. The summed E-state index contributed by atoms with van der Waals surface area (Å²) in [6.07, 6.45) is 0. The second-order valence-corrected chi connectivity index (χ2v) is 7.61. The van der Waals surface area contributed by atoms with Crippen LogP contribution in [-0.4, -0.2) is 63.8 Å². The number of nitrogens with one attached hydrogen (secondary N) is 1. The van der Waals surface area contributed by atoms with Crippen molar-refractivity contribution in [2.24, 2.45) is 0 Å². The molecular formula is C21H25N5O2S. The predicted molar refractivity (Wildman–Crippen MR) is 115 cm³/mol. The van der Waals surface area contributed by atoms with Gasteiger partial charge in [0.25, 0.3) is 0 Å². The topological polar surface area (TPSA) is 70.6 Å². The highest BCUT2D eigenvalue weighted by Gasteiger charge is 2.20. The van der Waals surface area contributed by atoms with E-state index in [-0.39, 0.29) is 5.91 Å². The Labute approximate surface area is 174 Å². The SMILES string of the molecule is CCOc1ccccc1CN1CCN(CC(=O)Nc2cccc3nsnc23)CC1. The third-order valence-electron chi connectivity index (χ3n) is 5.06. The number of hydrogen-bond donors (Lipinski definition) is 1. The quantitative estimate of drug-likeness (QED) is 0.645. The number of carbonyl (C=O) groups is 1. The molecule has 1 amide bonds. The molecule has 1 aromatic heterocycles. The minimum Gasteiger partial charge on any atom is -0.494 e. The normalized spacial score (nSPS) is 15.5. The van der Waals surface area contributed by atoms with Crippen LogP contribution in [0.3, 0.4) is 0 Å². The minimum atomic E-state index is -0.0133. The number of fused-ring (bicyclic) bond motifs is 1. The molecule has 1 N–H and O–H groups in total. The number of ether oxygens (including phenoxy) is 1. The maximum Gasteiger partial charge on any atom is 0.238 e. The molecule has 7 nitrogen and oxygen atoms in total. The Bertz CT molecular complexity index is 968. The van der Waals surface area contributed by atoms with Gasteiger partial charge in [-0.15, -0.1) is 0 Å². The number of aromatic nitrogens is 2. The van der Waals surface area contributed by atoms with Crippen molar-refractivity contribution in [3.05, 3.63) is 48.0 Å². The average Bonchev–Trinajstić information content (AvgIpc) is 3.21. The molecule has 2 aromatic carbocycles. The zero-order valence-electron chi connectivity index (χ0n) is 16.5. The fraction of sp³-hybridized carbons (Fsp3) is 0.381. The van der Waals surface area contributed by atoms with Crippen molar-refractivity contribution in [2.45, 2.75) is 13.5 Å². The smallest absolute Gasteiger partial charge is 0.238 e. The molecule has 152 valence electrons. The zero-order valence-corrected chi connectivity index (χ0v) is 17.3. The van der Waals surface area contributed by atoms with E-state index < -0.39 is 0 Å². The summed E-state index contributed by atoms with van der Waals surface area (Å²) >= 11 is 1.16. The molecule has 2 heterocycles. The number of anilines is 1. The molecule has 3 aromatic rings. The number of para-hydroxylation sites is 1. The molecule has 0 spiro atoms. The standard InChI is InChI=1S/C21H25N5O2S/c1-2-28-19-9-4-3-6-16(19)14-25-10-12-26(13-11-25)15-20(27)22-17-7-5-8-18-21(17)24-29-23-18/h3-9H,2,10-15H2,1H3,(H,22,27). The Morgan fingerprint density at radius 3 is 2.69 bits per heavy atom. The molecule has 0 bridgehead atoms. The van der Waals surface area contributed by atoms with Gasteiger partial charge in [-0.05, 0) is 25.1 Å². The molecule has 29 heavy (non-hydrogen) atoms. The van der Waals surface area contributed by atoms with Crippen molar-refractivity contribution in [3.8, 4) is 5.75 Å². The first-order chi connectivity index (χ1) is 14.2. The van der Waals surface area contributed by atoms with Gasteiger partial charge in [-0.3, -0.25) is 14.6 Å². The van der Waals surface area contributed by atoms with E-state index in [1.807, 2.05) is 37.3 Å². The molecular weight excluding hydrogens is 386 g/mol. The lowest BCUT2D eigenvalue weighted by Crippen LogP contribution is -2.48. The Hall–Kier alpha value is -2.55. The maximum absolute atomic E-state index is 12.5. The number of amides is 1. The van der Waals surface area contributed by atoms with Crippen molar-refractivity contribution >= 4 is 34.4 Å². The summed E-state index contributed by atoms with van der Waals surface area (Å²) in [5.41, 5.74) is 3.51. The number of rotatable bonds is 7. The predicted octanol–water partition coefficient (Wildman–Crippen LogP) is 2.85. The van der Waals surface area contributed by atoms with Crippen molar-refractivity contribution in [1.82, 2.24) is 18.5 Å². The summed E-state index contributed by atoms with van der Waals surface area (Å²) < 4.78 is 14.2. The number of piperazine rings is 1. The second kappa shape index (κ2) is 9.30. The Balaban J connectivity index is 1.28. The van der Waals surface area contributed by atoms with E-state index >= 15 is 0 Å². The van der Waals surface area contributed by atoms with Gasteiger partial charge in [0.05, 0.1) is 30.6 Å². The van der Waals surface area contributed by atoms with Crippen LogP contribution in [0, 0.1) is 0 Å². The second-order valence-electron chi connectivity index (χ2n) is 7.08. The highest BCUT2D eigenvalue weighted by Crippen LogP contribution is 2.22. The van der Waals surface area contributed by atoms with E-state index in [0.29, 0.717) is 13.2 Å². The molecule has 4 rings (SSSR count). The van der Waals surface area contributed by atoms with Crippen LogP contribution in [0.25, 0.3) is 11.0 Å². The van der Waals surface area contributed by atoms with E-state index in [0.717, 1.165) is 66.9 Å². The van der Waals surface area contributed by atoms with Crippen LogP contribution >= 0.6 is 11.7 Å². The first kappa shape index (κ1) is 19.8. The van der Waals surface area contributed by atoms with Crippen LogP contribution in [-0.2, 0) is 11.3 Å². The van der Waals surface area contributed by atoms with E-state index in [1.54, 1.807) is 0 Å². The van der Waals surface area contributed by atoms with E-state index in [9.17, 15) is 4.79 Å². The summed E-state index contributed by atoms with van der Waals surface area (Å²) in [6.45, 7) is 7.53. The summed E-state index contributed by atoms with van der Waals surface area (Å²) in [4.78, 5) is 17.1. The monoisotopic (exact) mass is 411 g/mol. The lowest BCUT2D eigenvalue weighted by atomic mass is 10.1. The molecule has 0 aliphatic carbocycles. The van der Waals surface area contributed by atoms with Crippen LogP contribution < -0.4 is 10.1 Å². The van der Waals surface area contributed by atoms with Gasteiger partial charge in [0.1, 0.15) is 16.8 Å². The molecule has 1 aliphatic rings. The van der Waals surface area contributed by atoms with Crippen LogP contribution in [0.2, 0.25) is 0 Å². The summed E-state index contributed by atoms with van der Waals surface area (Å²) in [5.74, 6) is 0.947. The first-order valence-corrected chi connectivity index (χ1v) is 10.6. The lowest BCUT2D eigenvalue weighted by Gasteiger charge is -2.34.